The molecule has 3 rings (SSSR count). The highest BCUT2D eigenvalue weighted by molar-refractivity contribution is 7.89. The number of quaternary nitrogens is 1. The highest BCUT2D eigenvalue weighted by Gasteiger charge is 2.28. The number of carbonyl (C=O) groups is 1. The summed E-state index contributed by atoms with van der Waals surface area (Å²) in [6.07, 6.45) is 1.24. The summed E-state index contributed by atoms with van der Waals surface area (Å²) in [5.74, 6) is 0.0795. The molecule has 11 heteroatoms. The van der Waals surface area contributed by atoms with Crippen molar-refractivity contribution < 1.29 is 39.6 Å². The van der Waals surface area contributed by atoms with Crippen LogP contribution in [0.3, 0.4) is 0 Å². The number of nitro groups is 1. The predicted molar refractivity (Wildman–Crippen MR) is 163 cm³/mol. The molecule has 0 spiro atoms. The van der Waals surface area contributed by atoms with Crippen molar-refractivity contribution in [2.75, 3.05) is 33.7 Å². The molecule has 3 aromatic rings. The van der Waals surface area contributed by atoms with Crippen LogP contribution in [0.1, 0.15) is 51.0 Å². The van der Waals surface area contributed by atoms with Gasteiger partial charge < -0.3 is 21.5 Å². The molecule has 0 saturated heterocycles. The van der Waals surface area contributed by atoms with Gasteiger partial charge in [-0.05, 0) is 63.8 Å². The third-order valence-corrected chi connectivity index (χ3v) is 9.23. The molecule has 0 amide bonds. The number of unbranched alkanes of at least 4 members (excludes halogenated alkanes) is 1. The van der Waals surface area contributed by atoms with Crippen molar-refractivity contribution in [1.29, 1.82) is 0 Å². The van der Waals surface area contributed by atoms with Crippen LogP contribution in [0.5, 0.6) is 0 Å². The van der Waals surface area contributed by atoms with Gasteiger partial charge in [0.15, 0.2) is 0 Å². The minimum Gasteiger partial charge on any atom is -1.00 e. The molecule has 0 aromatic heterocycles. The van der Waals surface area contributed by atoms with Crippen molar-refractivity contribution in [2.24, 2.45) is 0 Å². The second-order valence-electron chi connectivity index (χ2n) is 11.5. The van der Waals surface area contributed by atoms with Gasteiger partial charge in [-0.1, -0.05) is 64.7 Å². The summed E-state index contributed by atoms with van der Waals surface area (Å²) in [6.45, 7) is 9.22. The Hall–Kier alpha value is -2.63. The predicted octanol–water partition coefficient (Wildman–Crippen LogP) is 3.42. The number of carbonyl (C=O) groups excluding carboxylic acids is 1. The van der Waals surface area contributed by atoms with E-state index in [9.17, 15) is 23.3 Å². The Morgan fingerprint density at radius 2 is 1.57 bits per heavy atom. The van der Waals surface area contributed by atoms with Crippen molar-refractivity contribution in [1.82, 2.24) is 4.31 Å². The van der Waals surface area contributed by atoms with Crippen molar-refractivity contribution in [3.8, 4) is 0 Å². The van der Waals surface area contributed by atoms with Gasteiger partial charge in [0.25, 0.3) is 5.69 Å². The molecule has 0 saturated carbocycles. The Bertz CT molecular complexity index is 1540. The van der Waals surface area contributed by atoms with E-state index in [0.29, 0.717) is 30.4 Å². The molecule has 0 aliphatic carbocycles. The molecule has 3 aromatic carbocycles. The van der Waals surface area contributed by atoms with Gasteiger partial charge >= 0.3 is 0 Å². The fourth-order valence-corrected chi connectivity index (χ4v) is 6.77. The molecular weight excluding hydrogens is 642 g/mol. The minimum absolute atomic E-state index is 0. The standard InChI is InChI=1S/C31H39ClN3O5S.BrH/c1-22-9-11-28(25(4)16-22)31(36)21-35(5,6)14-8-7-13-33(20-26-17-23(2)15-24(3)18-26)41(39,40)27-10-12-29(32)30(19-27)34(37)38;/h9-12,15-19H,7-8,13-14,20-21H2,1-6H3;1H/q+1;/p-1. The summed E-state index contributed by atoms with van der Waals surface area (Å²) in [7, 11) is -0.0694. The average Bonchev–Trinajstić information content (AvgIpc) is 2.84. The Labute approximate surface area is 264 Å². The number of sulfonamides is 1. The highest BCUT2D eigenvalue weighted by Crippen LogP contribution is 2.29. The number of Topliss-reactive ketones (excluding diaryl/α,β-unsaturated/α-hetero) is 1. The number of nitro benzene ring substituents is 1. The number of ketones is 1. The number of hydrogen-bond acceptors (Lipinski definition) is 5. The summed E-state index contributed by atoms with van der Waals surface area (Å²) >= 11 is 5.95. The first kappa shape index (κ1) is 35.6. The third-order valence-electron chi connectivity index (χ3n) is 7.07. The number of likely N-dealkylation sites (N-methyl/N-ethyl adjacent to an activating group) is 1. The van der Waals surface area contributed by atoms with Crippen LogP contribution in [0.25, 0.3) is 0 Å². The normalized spacial score (nSPS) is 11.8. The molecule has 228 valence electrons. The summed E-state index contributed by atoms with van der Waals surface area (Å²) in [6, 6.07) is 15.3. The first-order valence-electron chi connectivity index (χ1n) is 13.5. The van der Waals surface area contributed by atoms with Crippen LogP contribution in [-0.2, 0) is 16.6 Å². The van der Waals surface area contributed by atoms with E-state index in [1.54, 1.807) is 0 Å². The van der Waals surface area contributed by atoms with Gasteiger partial charge in [0.2, 0.25) is 15.8 Å². The lowest BCUT2D eigenvalue weighted by Gasteiger charge is -2.30. The number of aryl methyl sites for hydroxylation is 4. The molecule has 0 fully saturated rings. The summed E-state index contributed by atoms with van der Waals surface area (Å²) in [4.78, 5) is 23.6. The third kappa shape index (κ3) is 9.44. The van der Waals surface area contributed by atoms with Gasteiger partial charge in [0.05, 0.1) is 30.5 Å². The SMILES string of the molecule is Cc1cc(C)cc(CN(CCCC[N+](C)(C)CC(=O)c2ccc(C)cc2C)S(=O)(=O)c2ccc(Cl)c([N+](=O)[O-])c2)c1.[Br-]. The lowest BCUT2D eigenvalue weighted by molar-refractivity contribution is -0.882. The van der Waals surface area contributed by atoms with E-state index < -0.39 is 20.6 Å². The maximum atomic E-state index is 13.8. The molecule has 0 atom stereocenters. The van der Waals surface area contributed by atoms with Crippen LogP contribution in [0.4, 0.5) is 5.69 Å². The smallest absolute Gasteiger partial charge is 0.289 e. The molecule has 8 nitrogen and oxygen atoms in total. The van der Waals surface area contributed by atoms with Gasteiger partial charge in [-0.25, -0.2) is 8.42 Å². The second-order valence-corrected chi connectivity index (χ2v) is 13.8. The molecule has 0 radical (unpaired) electrons. The van der Waals surface area contributed by atoms with Crippen LogP contribution in [0, 0.1) is 37.8 Å². The Balaban J connectivity index is 0.00000616. The van der Waals surface area contributed by atoms with Crippen LogP contribution in [0.15, 0.2) is 59.5 Å². The number of benzene rings is 3. The summed E-state index contributed by atoms with van der Waals surface area (Å²) < 4.78 is 29.3. The second kappa shape index (κ2) is 14.7. The van der Waals surface area contributed by atoms with Gasteiger partial charge in [-0.15, -0.1) is 0 Å². The summed E-state index contributed by atoms with van der Waals surface area (Å²) in [5, 5.41) is 11.3. The molecule has 0 aliphatic heterocycles. The van der Waals surface area contributed by atoms with Crippen molar-refractivity contribution in [3.05, 3.63) is 103 Å². The molecule has 0 N–H and O–H groups in total. The molecule has 0 bridgehead atoms. The van der Waals surface area contributed by atoms with Crippen LogP contribution in [-0.4, -0.2) is 61.6 Å². The minimum atomic E-state index is -4.07. The topological polar surface area (TPSA) is 97.6 Å². The molecule has 0 heterocycles. The van der Waals surface area contributed by atoms with Crippen molar-refractivity contribution in [2.45, 2.75) is 52.0 Å². The number of halogens is 2. The monoisotopic (exact) mass is 679 g/mol. The zero-order valence-electron chi connectivity index (χ0n) is 25.0. The lowest BCUT2D eigenvalue weighted by atomic mass is 10.0. The molecular formula is C31H39BrClN3O5S. The van der Waals surface area contributed by atoms with E-state index in [1.807, 2.05) is 78.2 Å². The summed E-state index contributed by atoms with van der Waals surface area (Å²) in [5.41, 5.74) is 5.23. The van der Waals surface area contributed by atoms with Gasteiger partial charge in [0, 0.05) is 24.7 Å². The van der Waals surface area contributed by atoms with Crippen LogP contribution in [0.2, 0.25) is 5.02 Å². The quantitative estimate of drug-likeness (QED) is 0.0907. The van der Waals surface area contributed by atoms with E-state index in [4.69, 9.17) is 11.6 Å². The fraction of sp³-hybridized carbons (Fsp3) is 0.387. The van der Waals surface area contributed by atoms with Gasteiger partial charge in [-0.2, -0.15) is 4.31 Å². The zero-order valence-corrected chi connectivity index (χ0v) is 28.1. The molecule has 0 aliphatic rings. The highest BCUT2D eigenvalue weighted by atomic mass is 79.9. The van der Waals surface area contributed by atoms with Crippen LogP contribution >= 0.6 is 11.6 Å². The Morgan fingerprint density at radius 1 is 0.929 bits per heavy atom. The fourth-order valence-electron chi connectivity index (χ4n) is 5.10. The van der Waals surface area contributed by atoms with Gasteiger partial charge in [0.1, 0.15) is 11.6 Å². The van der Waals surface area contributed by atoms with E-state index in [1.165, 1.54) is 16.4 Å². The largest absolute Gasteiger partial charge is 1.00 e. The molecule has 0 unspecified atom stereocenters. The van der Waals surface area contributed by atoms with Crippen molar-refractivity contribution >= 4 is 33.1 Å². The van der Waals surface area contributed by atoms with E-state index in [2.05, 4.69) is 0 Å². The number of nitrogens with zero attached hydrogens (tertiary/aromatic N) is 3. The average molecular weight is 681 g/mol. The van der Waals surface area contributed by atoms with Crippen LogP contribution < -0.4 is 17.0 Å². The number of hydrogen-bond donors (Lipinski definition) is 0. The van der Waals surface area contributed by atoms with Crippen molar-refractivity contribution in [3.63, 3.8) is 0 Å². The van der Waals surface area contributed by atoms with E-state index in [0.717, 1.165) is 39.4 Å². The molecule has 42 heavy (non-hydrogen) atoms. The first-order valence-corrected chi connectivity index (χ1v) is 15.3. The zero-order chi connectivity index (χ0) is 30.5. The maximum absolute atomic E-state index is 13.8. The Kier molecular flexibility index (Phi) is 12.5. The lowest BCUT2D eigenvalue weighted by Crippen LogP contribution is -3.00. The maximum Gasteiger partial charge on any atom is 0.289 e. The number of rotatable bonds is 13. The Morgan fingerprint density at radius 3 is 2.17 bits per heavy atom. The van der Waals surface area contributed by atoms with E-state index in [-0.39, 0.29) is 45.8 Å². The van der Waals surface area contributed by atoms with Gasteiger partial charge in [-0.3, -0.25) is 14.9 Å². The first-order chi connectivity index (χ1) is 19.1. The van der Waals surface area contributed by atoms with E-state index >= 15 is 0 Å².